The zero-order valence-electron chi connectivity index (χ0n) is 17.9. The van der Waals surface area contributed by atoms with E-state index in [-0.39, 0.29) is 11.9 Å². The topological polar surface area (TPSA) is 56.6 Å². The molecule has 6 nitrogen and oxygen atoms in total. The van der Waals surface area contributed by atoms with Crippen molar-refractivity contribution in [1.29, 1.82) is 0 Å². The van der Waals surface area contributed by atoms with Crippen LogP contribution < -0.4 is 9.47 Å². The third-order valence-corrected chi connectivity index (χ3v) is 5.89. The molecule has 0 radical (unpaired) electrons. The Kier molecular flexibility index (Phi) is 5.48. The number of para-hydroxylation sites is 1. The van der Waals surface area contributed by atoms with E-state index in [0.29, 0.717) is 12.1 Å². The second-order valence-corrected chi connectivity index (χ2v) is 7.61. The molecule has 2 heterocycles. The number of nitrogens with zero attached hydrogens (tertiary/aromatic N) is 3. The number of methoxy groups -OCH3 is 2. The van der Waals surface area contributed by atoms with E-state index in [4.69, 9.17) is 9.47 Å². The average Bonchev–Trinajstić information content (AvgIpc) is 3.40. The molecular weight excluding hydrogens is 378 g/mol. The van der Waals surface area contributed by atoms with E-state index in [9.17, 15) is 4.79 Å². The maximum Gasteiger partial charge on any atom is 0.257 e. The van der Waals surface area contributed by atoms with Gasteiger partial charge in [0.2, 0.25) is 0 Å². The van der Waals surface area contributed by atoms with Gasteiger partial charge in [-0.15, -0.1) is 0 Å². The molecule has 1 amide bonds. The number of amides is 1. The lowest BCUT2D eigenvalue weighted by Crippen LogP contribution is -2.31. The quantitative estimate of drug-likeness (QED) is 0.628. The number of carbonyl (C=O) groups is 1. The summed E-state index contributed by atoms with van der Waals surface area (Å²) in [7, 11) is 3.30. The molecule has 1 atom stereocenters. The molecule has 1 aliphatic rings. The summed E-state index contributed by atoms with van der Waals surface area (Å²) in [5.41, 5.74) is 4.56. The Morgan fingerprint density at radius 2 is 1.90 bits per heavy atom. The van der Waals surface area contributed by atoms with Crippen LogP contribution in [-0.4, -0.2) is 41.4 Å². The number of carbonyl (C=O) groups excluding carboxylic acids is 1. The van der Waals surface area contributed by atoms with Crippen molar-refractivity contribution < 1.29 is 14.3 Å². The lowest BCUT2D eigenvalue weighted by molar-refractivity contribution is 0.0733. The smallest absolute Gasteiger partial charge is 0.257 e. The predicted molar refractivity (Wildman–Crippen MR) is 116 cm³/mol. The zero-order valence-corrected chi connectivity index (χ0v) is 17.9. The average molecular weight is 405 g/mol. The molecule has 1 aliphatic heterocycles. The third-order valence-electron chi connectivity index (χ3n) is 5.89. The van der Waals surface area contributed by atoms with Crippen molar-refractivity contribution in [2.75, 3.05) is 20.8 Å². The van der Waals surface area contributed by atoms with E-state index in [1.54, 1.807) is 20.4 Å². The molecule has 4 rings (SSSR count). The Morgan fingerprint density at radius 1 is 1.10 bits per heavy atom. The monoisotopic (exact) mass is 405 g/mol. The first-order valence-electron chi connectivity index (χ1n) is 10.2. The molecule has 1 fully saturated rings. The first-order chi connectivity index (χ1) is 14.5. The van der Waals surface area contributed by atoms with Crippen molar-refractivity contribution in [3.05, 3.63) is 71.0 Å². The van der Waals surface area contributed by atoms with Crippen molar-refractivity contribution in [3.8, 4) is 17.2 Å². The van der Waals surface area contributed by atoms with Gasteiger partial charge in [0.05, 0.1) is 43.4 Å². The second kappa shape index (κ2) is 8.22. The Labute approximate surface area is 177 Å². The summed E-state index contributed by atoms with van der Waals surface area (Å²) in [5, 5.41) is 4.52. The van der Waals surface area contributed by atoms with Crippen LogP contribution in [0.4, 0.5) is 0 Å². The number of ether oxygens (including phenoxy) is 2. The third kappa shape index (κ3) is 3.43. The normalized spacial score (nSPS) is 16.0. The highest BCUT2D eigenvalue weighted by Gasteiger charge is 2.34. The van der Waals surface area contributed by atoms with Gasteiger partial charge in [0, 0.05) is 12.1 Å². The van der Waals surface area contributed by atoms with Crippen LogP contribution >= 0.6 is 0 Å². The largest absolute Gasteiger partial charge is 0.497 e. The van der Waals surface area contributed by atoms with Gasteiger partial charge in [-0.3, -0.25) is 4.79 Å². The van der Waals surface area contributed by atoms with Crippen LogP contribution in [0.2, 0.25) is 0 Å². The number of aryl methyl sites for hydroxylation is 1. The van der Waals surface area contributed by atoms with Crippen molar-refractivity contribution >= 4 is 5.91 Å². The lowest BCUT2D eigenvalue weighted by Gasteiger charge is -2.26. The van der Waals surface area contributed by atoms with Crippen molar-refractivity contribution in [2.45, 2.75) is 32.7 Å². The molecular formula is C24H27N3O3. The predicted octanol–water partition coefficient (Wildman–Crippen LogP) is 4.48. The van der Waals surface area contributed by atoms with E-state index >= 15 is 0 Å². The van der Waals surface area contributed by atoms with Gasteiger partial charge < -0.3 is 14.4 Å². The number of rotatable bonds is 5. The van der Waals surface area contributed by atoms with Crippen LogP contribution in [0.5, 0.6) is 11.5 Å². The molecule has 0 bridgehead atoms. The number of hydrogen-bond donors (Lipinski definition) is 0. The van der Waals surface area contributed by atoms with E-state index in [0.717, 1.165) is 46.8 Å². The SMILES string of the molecule is COc1ccc(OC)c(C2CCCN2C(=O)c2cnn(-c3ccccc3C)c2C)c1. The number of aromatic nitrogens is 2. The molecule has 1 aromatic heterocycles. The van der Waals surface area contributed by atoms with Gasteiger partial charge in [-0.25, -0.2) is 4.68 Å². The summed E-state index contributed by atoms with van der Waals surface area (Å²) in [6.07, 6.45) is 3.52. The lowest BCUT2D eigenvalue weighted by atomic mass is 10.0. The van der Waals surface area contributed by atoms with E-state index in [1.807, 2.05) is 65.9 Å². The molecule has 1 saturated heterocycles. The van der Waals surface area contributed by atoms with Crippen molar-refractivity contribution in [2.24, 2.45) is 0 Å². The van der Waals surface area contributed by atoms with Crippen LogP contribution in [-0.2, 0) is 0 Å². The van der Waals surface area contributed by atoms with Crippen LogP contribution in [0.15, 0.2) is 48.7 Å². The minimum Gasteiger partial charge on any atom is -0.497 e. The summed E-state index contributed by atoms with van der Waals surface area (Å²) < 4.78 is 12.8. The van der Waals surface area contributed by atoms with Gasteiger partial charge in [0.25, 0.3) is 5.91 Å². The fraction of sp³-hybridized carbons (Fsp3) is 0.333. The zero-order chi connectivity index (χ0) is 21.3. The molecule has 0 N–H and O–H groups in total. The second-order valence-electron chi connectivity index (χ2n) is 7.61. The Hall–Kier alpha value is -3.28. The maximum absolute atomic E-state index is 13.5. The minimum absolute atomic E-state index is 0.000271. The summed E-state index contributed by atoms with van der Waals surface area (Å²) >= 11 is 0. The first kappa shape index (κ1) is 20.0. The van der Waals surface area contributed by atoms with Gasteiger partial charge in [-0.1, -0.05) is 18.2 Å². The fourth-order valence-electron chi connectivity index (χ4n) is 4.25. The molecule has 6 heteroatoms. The van der Waals surface area contributed by atoms with E-state index < -0.39 is 0 Å². The highest BCUT2D eigenvalue weighted by atomic mass is 16.5. The van der Waals surface area contributed by atoms with Crippen LogP contribution in [0.25, 0.3) is 5.69 Å². The van der Waals surface area contributed by atoms with Crippen LogP contribution in [0, 0.1) is 13.8 Å². The molecule has 1 unspecified atom stereocenters. The molecule has 2 aromatic carbocycles. The highest BCUT2D eigenvalue weighted by molar-refractivity contribution is 5.95. The van der Waals surface area contributed by atoms with Gasteiger partial charge >= 0.3 is 0 Å². The van der Waals surface area contributed by atoms with Gasteiger partial charge in [0.1, 0.15) is 11.5 Å². The van der Waals surface area contributed by atoms with Gasteiger partial charge in [0.15, 0.2) is 0 Å². The Morgan fingerprint density at radius 3 is 2.63 bits per heavy atom. The summed E-state index contributed by atoms with van der Waals surface area (Å²) in [5.74, 6) is 1.53. The van der Waals surface area contributed by atoms with Crippen molar-refractivity contribution in [3.63, 3.8) is 0 Å². The minimum atomic E-state index is -0.0521. The Balaban J connectivity index is 1.68. The summed E-state index contributed by atoms with van der Waals surface area (Å²) in [6.45, 7) is 4.70. The molecule has 30 heavy (non-hydrogen) atoms. The molecule has 156 valence electrons. The van der Waals surface area contributed by atoms with Crippen LogP contribution in [0.3, 0.4) is 0 Å². The standard InChI is InChI=1S/C24H27N3O3/c1-16-8-5-6-9-21(16)27-17(2)20(15-25-27)24(28)26-13-7-10-22(26)19-14-18(29-3)11-12-23(19)30-4/h5-6,8-9,11-12,14-15,22H,7,10,13H2,1-4H3. The number of hydrogen-bond acceptors (Lipinski definition) is 4. The first-order valence-corrected chi connectivity index (χ1v) is 10.2. The van der Waals surface area contributed by atoms with Gasteiger partial charge in [-0.2, -0.15) is 5.10 Å². The van der Waals surface area contributed by atoms with E-state index in [1.165, 1.54) is 0 Å². The molecule has 3 aromatic rings. The molecule has 0 aliphatic carbocycles. The van der Waals surface area contributed by atoms with Crippen molar-refractivity contribution in [1.82, 2.24) is 14.7 Å². The number of likely N-dealkylation sites (tertiary alicyclic amines) is 1. The van der Waals surface area contributed by atoms with Gasteiger partial charge in [-0.05, 0) is 56.5 Å². The summed E-state index contributed by atoms with van der Waals surface area (Å²) in [4.78, 5) is 15.5. The maximum atomic E-state index is 13.5. The Bertz CT molecular complexity index is 1070. The van der Waals surface area contributed by atoms with Crippen LogP contribution in [0.1, 0.15) is 46.1 Å². The molecule has 0 saturated carbocycles. The highest BCUT2D eigenvalue weighted by Crippen LogP contribution is 2.39. The number of benzene rings is 2. The molecule has 0 spiro atoms. The fourth-order valence-corrected chi connectivity index (χ4v) is 4.25. The summed E-state index contributed by atoms with van der Waals surface area (Å²) in [6, 6.07) is 13.7. The van der Waals surface area contributed by atoms with E-state index in [2.05, 4.69) is 5.10 Å².